The molecule has 2 aromatic rings. The van der Waals surface area contributed by atoms with Crippen LogP contribution in [0.2, 0.25) is 0 Å². The van der Waals surface area contributed by atoms with Crippen LogP contribution in [0.4, 0.5) is 0 Å². The SMILES string of the molecule is CC(C)=C[C@H]1[C@H](C(=O)Nn2cnc3ccccc32)C1(C)C. The average molecular weight is 283 g/mol. The Morgan fingerprint density at radius 2 is 2.05 bits per heavy atom. The molecule has 1 aliphatic carbocycles. The van der Waals surface area contributed by atoms with Crippen LogP contribution in [0, 0.1) is 17.3 Å². The van der Waals surface area contributed by atoms with Gasteiger partial charge in [-0.15, -0.1) is 0 Å². The summed E-state index contributed by atoms with van der Waals surface area (Å²) >= 11 is 0. The third kappa shape index (κ3) is 2.35. The quantitative estimate of drug-likeness (QED) is 0.878. The van der Waals surface area contributed by atoms with Gasteiger partial charge in [-0.25, -0.2) is 9.66 Å². The maximum absolute atomic E-state index is 12.5. The highest BCUT2D eigenvalue weighted by Gasteiger charge is 2.60. The predicted molar refractivity (Wildman–Crippen MR) is 84.3 cm³/mol. The molecule has 1 fully saturated rings. The summed E-state index contributed by atoms with van der Waals surface area (Å²) < 4.78 is 1.71. The maximum Gasteiger partial charge on any atom is 0.243 e. The van der Waals surface area contributed by atoms with Gasteiger partial charge >= 0.3 is 0 Å². The molecule has 21 heavy (non-hydrogen) atoms. The van der Waals surface area contributed by atoms with Gasteiger partial charge in [-0.3, -0.25) is 10.2 Å². The van der Waals surface area contributed by atoms with Gasteiger partial charge in [-0.2, -0.15) is 0 Å². The second-order valence-electron chi connectivity index (χ2n) is 6.65. The van der Waals surface area contributed by atoms with E-state index in [0.717, 1.165) is 11.0 Å². The van der Waals surface area contributed by atoms with E-state index in [1.54, 1.807) is 11.0 Å². The third-order valence-corrected chi connectivity index (χ3v) is 4.39. The molecule has 0 unspecified atom stereocenters. The summed E-state index contributed by atoms with van der Waals surface area (Å²) in [7, 11) is 0. The zero-order valence-electron chi connectivity index (χ0n) is 12.9. The number of para-hydroxylation sites is 2. The molecule has 1 amide bonds. The normalized spacial score (nSPS) is 22.9. The lowest BCUT2D eigenvalue weighted by Crippen LogP contribution is -2.25. The van der Waals surface area contributed by atoms with Gasteiger partial charge in [-0.1, -0.05) is 37.6 Å². The molecule has 0 saturated heterocycles. The molecule has 110 valence electrons. The molecule has 1 aromatic carbocycles. The van der Waals surface area contributed by atoms with Crippen molar-refractivity contribution in [3.8, 4) is 0 Å². The molecule has 0 radical (unpaired) electrons. The summed E-state index contributed by atoms with van der Waals surface area (Å²) in [6.07, 6.45) is 3.87. The molecule has 1 heterocycles. The summed E-state index contributed by atoms with van der Waals surface area (Å²) in [6, 6.07) is 7.77. The Hall–Kier alpha value is -2.10. The van der Waals surface area contributed by atoms with Crippen molar-refractivity contribution in [3.63, 3.8) is 0 Å². The molecule has 1 aliphatic rings. The summed E-state index contributed by atoms with van der Waals surface area (Å²) in [6.45, 7) is 8.44. The van der Waals surface area contributed by atoms with Crippen LogP contribution in [0.3, 0.4) is 0 Å². The Bertz CT molecular complexity index is 722. The molecule has 0 spiro atoms. The number of nitrogens with one attached hydrogen (secondary N) is 1. The number of benzene rings is 1. The highest BCUT2D eigenvalue weighted by Crippen LogP contribution is 2.59. The lowest BCUT2D eigenvalue weighted by atomic mass is 10.1. The number of fused-ring (bicyclic) bond motifs is 1. The van der Waals surface area contributed by atoms with Crippen molar-refractivity contribution in [3.05, 3.63) is 42.2 Å². The van der Waals surface area contributed by atoms with E-state index in [1.165, 1.54) is 5.57 Å². The van der Waals surface area contributed by atoms with Gasteiger partial charge in [0, 0.05) is 0 Å². The van der Waals surface area contributed by atoms with Crippen molar-refractivity contribution in [2.24, 2.45) is 17.3 Å². The molecule has 1 saturated carbocycles. The Labute approximate surface area is 124 Å². The first-order valence-corrected chi connectivity index (χ1v) is 7.29. The number of allylic oxidation sites excluding steroid dienone is 2. The number of rotatable bonds is 3. The molecule has 1 N–H and O–H groups in total. The highest BCUT2D eigenvalue weighted by molar-refractivity contribution is 5.91. The van der Waals surface area contributed by atoms with E-state index in [2.05, 4.69) is 44.2 Å². The van der Waals surface area contributed by atoms with E-state index in [9.17, 15) is 4.79 Å². The summed E-state index contributed by atoms with van der Waals surface area (Å²) in [5.74, 6) is 0.400. The number of nitrogens with zero attached hydrogens (tertiary/aromatic N) is 2. The molecule has 3 rings (SSSR count). The number of carbonyl (C=O) groups excluding carboxylic acids is 1. The molecule has 2 atom stereocenters. The van der Waals surface area contributed by atoms with Gasteiger partial charge in [0.2, 0.25) is 5.91 Å². The minimum atomic E-state index is 0.0218. The van der Waals surface area contributed by atoms with Gasteiger partial charge < -0.3 is 0 Å². The van der Waals surface area contributed by atoms with Crippen LogP contribution in [0.1, 0.15) is 27.7 Å². The van der Waals surface area contributed by atoms with Crippen LogP contribution < -0.4 is 5.43 Å². The predicted octanol–water partition coefficient (Wildman–Crippen LogP) is 3.34. The fraction of sp³-hybridized carbons (Fsp3) is 0.412. The molecule has 1 aromatic heterocycles. The molecule has 0 aliphatic heterocycles. The van der Waals surface area contributed by atoms with Crippen LogP contribution in [-0.4, -0.2) is 15.6 Å². The molecule has 0 bridgehead atoms. The Balaban J connectivity index is 1.80. The fourth-order valence-corrected chi connectivity index (χ4v) is 3.09. The van der Waals surface area contributed by atoms with Gasteiger partial charge in [0.15, 0.2) is 0 Å². The molecule has 4 nitrogen and oxygen atoms in total. The van der Waals surface area contributed by atoms with Crippen LogP contribution in [0.15, 0.2) is 42.2 Å². The number of hydrogen-bond donors (Lipinski definition) is 1. The van der Waals surface area contributed by atoms with Crippen molar-refractivity contribution < 1.29 is 4.79 Å². The van der Waals surface area contributed by atoms with Crippen molar-refractivity contribution in [1.82, 2.24) is 9.66 Å². The minimum absolute atomic E-state index is 0.0218. The fourth-order valence-electron chi connectivity index (χ4n) is 3.09. The van der Waals surface area contributed by atoms with Crippen LogP contribution in [0.25, 0.3) is 11.0 Å². The van der Waals surface area contributed by atoms with Gasteiger partial charge in [0.25, 0.3) is 0 Å². The lowest BCUT2D eigenvalue weighted by Gasteiger charge is -2.07. The maximum atomic E-state index is 12.5. The first-order valence-electron chi connectivity index (χ1n) is 7.29. The number of imidazole rings is 1. The van der Waals surface area contributed by atoms with E-state index in [-0.39, 0.29) is 17.2 Å². The lowest BCUT2D eigenvalue weighted by molar-refractivity contribution is -0.119. The van der Waals surface area contributed by atoms with Gasteiger partial charge in [-0.05, 0) is 37.3 Å². The van der Waals surface area contributed by atoms with Crippen LogP contribution in [-0.2, 0) is 4.79 Å². The largest absolute Gasteiger partial charge is 0.273 e. The van der Waals surface area contributed by atoms with Crippen molar-refractivity contribution in [1.29, 1.82) is 0 Å². The number of hydrogen-bond acceptors (Lipinski definition) is 2. The second kappa shape index (κ2) is 4.72. The van der Waals surface area contributed by atoms with Crippen LogP contribution in [0.5, 0.6) is 0 Å². The van der Waals surface area contributed by atoms with Gasteiger partial charge in [0.1, 0.15) is 6.33 Å². The Kier molecular flexibility index (Phi) is 3.12. The van der Waals surface area contributed by atoms with Crippen LogP contribution >= 0.6 is 0 Å². The van der Waals surface area contributed by atoms with Crippen molar-refractivity contribution in [2.75, 3.05) is 5.43 Å². The highest BCUT2D eigenvalue weighted by atomic mass is 16.2. The summed E-state index contributed by atoms with van der Waals surface area (Å²) in [5.41, 5.74) is 6.06. The van der Waals surface area contributed by atoms with Gasteiger partial charge in [0.05, 0.1) is 17.0 Å². The first-order chi connectivity index (χ1) is 9.91. The zero-order chi connectivity index (χ0) is 15.2. The zero-order valence-corrected chi connectivity index (χ0v) is 12.9. The first kappa shape index (κ1) is 13.9. The molecule has 4 heteroatoms. The number of aromatic nitrogens is 2. The number of carbonyl (C=O) groups is 1. The van der Waals surface area contributed by atoms with E-state index < -0.39 is 0 Å². The number of amides is 1. The Morgan fingerprint density at radius 1 is 1.33 bits per heavy atom. The van der Waals surface area contributed by atoms with E-state index in [0.29, 0.717) is 5.92 Å². The second-order valence-corrected chi connectivity index (χ2v) is 6.65. The third-order valence-electron chi connectivity index (χ3n) is 4.39. The smallest absolute Gasteiger partial charge is 0.243 e. The Morgan fingerprint density at radius 3 is 2.76 bits per heavy atom. The monoisotopic (exact) mass is 283 g/mol. The summed E-state index contributed by atoms with van der Waals surface area (Å²) in [5, 5.41) is 0. The molecular weight excluding hydrogens is 262 g/mol. The standard InChI is InChI=1S/C17H21N3O/c1-11(2)9-12-15(17(12,3)4)16(21)19-20-10-18-13-7-5-6-8-14(13)20/h5-10,12,15H,1-4H3,(H,19,21)/t12-,15+/m0/s1. The topological polar surface area (TPSA) is 46.9 Å². The van der Waals surface area contributed by atoms with E-state index in [1.807, 2.05) is 24.3 Å². The van der Waals surface area contributed by atoms with E-state index >= 15 is 0 Å². The van der Waals surface area contributed by atoms with Crippen molar-refractivity contribution in [2.45, 2.75) is 27.7 Å². The summed E-state index contributed by atoms with van der Waals surface area (Å²) in [4.78, 5) is 16.8. The minimum Gasteiger partial charge on any atom is -0.273 e. The average Bonchev–Trinajstić information content (AvgIpc) is 2.78. The van der Waals surface area contributed by atoms with E-state index in [4.69, 9.17) is 0 Å². The molecular formula is C17H21N3O. The van der Waals surface area contributed by atoms with Crippen molar-refractivity contribution >= 4 is 16.9 Å².